The summed E-state index contributed by atoms with van der Waals surface area (Å²) in [5, 5.41) is 3.99. The average Bonchev–Trinajstić information content (AvgIpc) is 2.36. The molecule has 0 radical (unpaired) electrons. The predicted molar refractivity (Wildman–Crippen MR) is 82.5 cm³/mol. The van der Waals surface area contributed by atoms with E-state index in [4.69, 9.17) is 23.2 Å². The van der Waals surface area contributed by atoms with Crippen LogP contribution in [-0.2, 0) is 0 Å². The Balaban J connectivity index is 2.03. The third-order valence-electron chi connectivity index (χ3n) is 2.45. The second-order valence-corrected chi connectivity index (χ2v) is 5.85. The minimum Gasteiger partial charge on any atom is -0.316 e. The van der Waals surface area contributed by atoms with E-state index in [-0.39, 0.29) is 5.24 Å². The molecule has 0 aliphatic heterocycles. The summed E-state index contributed by atoms with van der Waals surface area (Å²) in [6.07, 6.45) is 0. The second-order valence-electron chi connectivity index (χ2n) is 3.93. The van der Waals surface area contributed by atoms with Gasteiger partial charge in [0.15, 0.2) is 0 Å². The molecule has 0 saturated heterocycles. The number of halogens is 2. The summed E-state index contributed by atoms with van der Waals surface area (Å²) >= 11 is 12.8. The molecule has 1 amide bonds. The van der Waals surface area contributed by atoms with Crippen molar-refractivity contribution in [1.82, 2.24) is 0 Å². The Kier molecular flexibility index (Phi) is 4.75. The van der Waals surface area contributed by atoms with E-state index < -0.39 is 0 Å². The van der Waals surface area contributed by atoms with Crippen molar-refractivity contribution in [3.05, 3.63) is 58.1 Å². The summed E-state index contributed by atoms with van der Waals surface area (Å²) in [7, 11) is 0. The largest absolute Gasteiger partial charge is 0.316 e. The lowest BCUT2D eigenvalue weighted by molar-refractivity contribution is 0.269. The van der Waals surface area contributed by atoms with E-state index in [0.717, 1.165) is 27.9 Å². The minimum absolute atomic E-state index is 0.146. The van der Waals surface area contributed by atoms with Crippen LogP contribution in [0.3, 0.4) is 0 Å². The molecule has 19 heavy (non-hydrogen) atoms. The third kappa shape index (κ3) is 4.16. The lowest BCUT2D eigenvalue weighted by Crippen LogP contribution is -2.05. The second kappa shape index (κ2) is 6.33. The van der Waals surface area contributed by atoms with E-state index >= 15 is 0 Å². The van der Waals surface area contributed by atoms with E-state index in [2.05, 4.69) is 5.32 Å². The van der Waals surface area contributed by atoms with Crippen molar-refractivity contribution in [2.45, 2.75) is 11.8 Å². The summed E-state index contributed by atoms with van der Waals surface area (Å²) in [6.45, 7) is 1.90. The van der Waals surface area contributed by atoms with Crippen LogP contribution in [0.5, 0.6) is 0 Å². The summed E-state index contributed by atoms with van der Waals surface area (Å²) in [5.74, 6) is 0. The summed E-state index contributed by atoms with van der Waals surface area (Å²) < 4.78 is 0. The van der Waals surface area contributed by atoms with Gasteiger partial charge < -0.3 is 5.32 Å². The fourth-order valence-corrected chi connectivity index (χ4v) is 2.51. The number of hydrogen-bond acceptors (Lipinski definition) is 2. The zero-order valence-corrected chi connectivity index (χ0v) is 12.4. The zero-order chi connectivity index (χ0) is 13.8. The maximum Gasteiger partial charge on any atom is 0.288 e. The molecule has 2 rings (SSSR count). The molecule has 0 fully saturated rings. The van der Waals surface area contributed by atoms with E-state index in [1.807, 2.05) is 13.0 Å². The van der Waals surface area contributed by atoms with Crippen LogP contribution in [0.4, 0.5) is 10.5 Å². The van der Waals surface area contributed by atoms with Crippen molar-refractivity contribution >= 4 is 45.9 Å². The molecule has 2 aromatic carbocycles. The Morgan fingerprint density at radius 2 is 1.68 bits per heavy atom. The summed E-state index contributed by atoms with van der Waals surface area (Å²) in [6, 6.07) is 12.5. The molecule has 0 aromatic heterocycles. The number of carbonyl (C=O) groups excluding carboxylic acids is 1. The van der Waals surface area contributed by atoms with Gasteiger partial charge in [-0.05, 0) is 66.7 Å². The topological polar surface area (TPSA) is 29.1 Å². The van der Waals surface area contributed by atoms with Crippen molar-refractivity contribution in [1.29, 1.82) is 0 Å². The van der Waals surface area contributed by atoms with Crippen molar-refractivity contribution < 1.29 is 4.79 Å². The highest BCUT2D eigenvalue weighted by molar-refractivity contribution is 8.13. The van der Waals surface area contributed by atoms with E-state index in [1.165, 1.54) is 0 Å². The molecule has 1 N–H and O–H groups in total. The fraction of sp³-hybridized carbons (Fsp3) is 0.0714. The highest BCUT2D eigenvalue weighted by Gasteiger charge is 2.07. The Labute approximate surface area is 126 Å². The molecule has 0 aliphatic carbocycles. The average molecular weight is 312 g/mol. The number of carbonyl (C=O) groups is 1. The molecule has 0 unspecified atom stereocenters. The van der Waals surface area contributed by atoms with E-state index in [0.29, 0.717) is 10.0 Å². The van der Waals surface area contributed by atoms with Crippen molar-refractivity contribution in [3.8, 4) is 0 Å². The fourth-order valence-electron chi connectivity index (χ4n) is 1.51. The van der Waals surface area contributed by atoms with Gasteiger partial charge >= 0.3 is 0 Å². The molecule has 0 heterocycles. The Bertz CT molecular complexity index is 599. The van der Waals surface area contributed by atoms with Crippen LogP contribution in [0, 0.1) is 6.92 Å². The van der Waals surface area contributed by atoms with Gasteiger partial charge in [0.05, 0.1) is 0 Å². The smallest absolute Gasteiger partial charge is 0.288 e. The van der Waals surface area contributed by atoms with Gasteiger partial charge in [0, 0.05) is 20.6 Å². The minimum atomic E-state index is -0.146. The SMILES string of the molecule is Cc1cc(Cl)ccc1NC(=O)Sc1ccc(Cl)cc1. The molecule has 98 valence electrons. The predicted octanol–water partition coefficient (Wildman–Crippen LogP) is 5.63. The van der Waals surface area contributed by atoms with Gasteiger partial charge in [0.1, 0.15) is 0 Å². The molecule has 2 nitrogen and oxygen atoms in total. The molecule has 0 spiro atoms. The van der Waals surface area contributed by atoms with Crippen LogP contribution in [-0.4, -0.2) is 5.24 Å². The summed E-state index contributed by atoms with van der Waals surface area (Å²) in [4.78, 5) is 12.7. The molecular weight excluding hydrogens is 301 g/mol. The van der Waals surface area contributed by atoms with Crippen LogP contribution < -0.4 is 5.32 Å². The lowest BCUT2D eigenvalue weighted by atomic mass is 10.2. The molecule has 2 aromatic rings. The van der Waals surface area contributed by atoms with Gasteiger partial charge in [-0.2, -0.15) is 0 Å². The maximum absolute atomic E-state index is 11.9. The highest BCUT2D eigenvalue weighted by Crippen LogP contribution is 2.25. The monoisotopic (exact) mass is 311 g/mol. The van der Waals surface area contributed by atoms with Crippen LogP contribution in [0.2, 0.25) is 10.0 Å². The van der Waals surface area contributed by atoms with Crippen LogP contribution in [0.1, 0.15) is 5.56 Å². The number of nitrogens with one attached hydrogen (secondary N) is 1. The first-order chi connectivity index (χ1) is 9.04. The molecule has 0 saturated carbocycles. The number of aryl methyl sites for hydroxylation is 1. The van der Waals surface area contributed by atoms with E-state index in [1.54, 1.807) is 36.4 Å². The van der Waals surface area contributed by atoms with Gasteiger partial charge in [-0.15, -0.1) is 0 Å². The zero-order valence-electron chi connectivity index (χ0n) is 10.1. The van der Waals surface area contributed by atoms with Crippen LogP contribution in [0.15, 0.2) is 47.4 Å². The van der Waals surface area contributed by atoms with Crippen LogP contribution in [0.25, 0.3) is 0 Å². The van der Waals surface area contributed by atoms with Crippen LogP contribution >= 0.6 is 35.0 Å². The first-order valence-corrected chi connectivity index (χ1v) is 7.12. The van der Waals surface area contributed by atoms with Gasteiger partial charge in [0.25, 0.3) is 5.24 Å². The Hall–Kier alpha value is -1.16. The molecular formula is C14H11Cl2NOS. The van der Waals surface area contributed by atoms with Gasteiger partial charge in [-0.25, -0.2) is 0 Å². The number of rotatable bonds is 2. The number of anilines is 1. The normalized spacial score (nSPS) is 10.3. The Morgan fingerprint density at radius 3 is 2.32 bits per heavy atom. The van der Waals surface area contributed by atoms with E-state index in [9.17, 15) is 4.79 Å². The van der Waals surface area contributed by atoms with Crippen molar-refractivity contribution in [2.75, 3.05) is 5.32 Å². The Morgan fingerprint density at radius 1 is 1.05 bits per heavy atom. The standard InChI is InChI=1S/C14H11Cl2NOS/c1-9-8-11(16)4-7-13(9)17-14(18)19-12-5-2-10(15)3-6-12/h2-8H,1H3,(H,17,18). The van der Waals surface area contributed by atoms with Gasteiger partial charge in [-0.3, -0.25) is 4.79 Å². The maximum atomic E-state index is 11.9. The first kappa shape index (κ1) is 14.3. The van der Waals surface area contributed by atoms with Gasteiger partial charge in [0.2, 0.25) is 0 Å². The highest BCUT2D eigenvalue weighted by atomic mass is 35.5. The first-order valence-electron chi connectivity index (χ1n) is 5.55. The molecule has 0 aliphatic rings. The number of hydrogen-bond donors (Lipinski definition) is 1. The van der Waals surface area contributed by atoms with Crippen molar-refractivity contribution in [2.24, 2.45) is 0 Å². The number of thioether (sulfide) groups is 1. The molecule has 5 heteroatoms. The van der Waals surface area contributed by atoms with Gasteiger partial charge in [-0.1, -0.05) is 23.2 Å². The third-order valence-corrected chi connectivity index (χ3v) is 3.73. The number of benzene rings is 2. The number of amides is 1. The van der Waals surface area contributed by atoms with Crippen molar-refractivity contribution in [3.63, 3.8) is 0 Å². The molecule has 0 atom stereocenters. The lowest BCUT2D eigenvalue weighted by Gasteiger charge is -2.08. The summed E-state index contributed by atoms with van der Waals surface area (Å²) in [5.41, 5.74) is 1.69. The quantitative estimate of drug-likeness (QED) is 0.729. The molecule has 0 bridgehead atoms.